The van der Waals surface area contributed by atoms with Gasteiger partial charge in [0.2, 0.25) is 5.75 Å². The van der Waals surface area contributed by atoms with E-state index in [0.717, 1.165) is 11.1 Å². The molecule has 0 aliphatic rings. The predicted molar refractivity (Wildman–Crippen MR) is 104 cm³/mol. The van der Waals surface area contributed by atoms with Crippen LogP contribution in [0.2, 0.25) is 0 Å². The van der Waals surface area contributed by atoms with Gasteiger partial charge in [0, 0.05) is 0 Å². The van der Waals surface area contributed by atoms with Crippen LogP contribution in [0.3, 0.4) is 0 Å². The van der Waals surface area contributed by atoms with Gasteiger partial charge in [-0.05, 0) is 35.4 Å². The number of phosphoric acid groups is 1. The van der Waals surface area contributed by atoms with E-state index in [9.17, 15) is 5.11 Å². The van der Waals surface area contributed by atoms with E-state index in [1.807, 2.05) is 30.4 Å². The molecular weight excluding hydrogens is 391 g/mol. The fourth-order valence-electron chi connectivity index (χ4n) is 2.20. The number of aromatic hydroxyl groups is 1. The number of ether oxygens (including phenoxy) is 4. The third kappa shape index (κ3) is 7.50. The van der Waals surface area contributed by atoms with Crippen LogP contribution in [0.25, 0.3) is 12.2 Å². The Hall–Kier alpha value is -2.71. The minimum atomic E-state index is -4.64. The van der Waals surface area contributed by atoms with E-state index in [2.05, 4.69) is 0 Å². The van der Waals surface area contributed by atoms with Crippen molar-refractivity contribution in [3.63, 3.8) is 0 Å². The number of phenols is 1. The molecule has 4 N–H and O–H groups in total. The molecule has 0 bridgehead atoms. The van der Waals surface area contributed by atoms with Gasteiger partial charge in [0.1, 0.15) is 0 Å². The molecule has 0 unspecified atom stereocenters. The molecule has 0 saturated heterocycles. The quantitative estimate of drug-likeness (QED) is 0.416. The summed E-state index contributed by atoms with van der Waals surface area (Å²) in [5.74, 6) is 2.26. The molecule has 2 aromatic carbocycles. The fourth-order valence-corrected chi connectivity index (χ4v) is 2.20. The van der Waals surface area contributed by atoms with Gasteiger partial charge in [-0.25, -0.2) is 4.57 Å². The molecule has 0 fully saturated rings. The van der Waals surface area contributed by atoms with Gasteiger partial charge in [-0.15, -0.1) is 0 Å². The molecule has 0 aromatic heterocycles. The van der Waals surface area contributed by atoms with Crippen molar-refractivity contribution in [2.75, 3.05) is 28.4 Å². The van der Waals surface area contributed by atoms with Gasteiger partial charge in [0.15, 0.2) is 23.0 Å². The largest absolute Gasteiger partial charge is 0.504 e. The van der Waals surface area contributed by atoms with Gasteiger partial charge in [0.25, 0.3) is 0 Å². The summed E-state index contributed by atoms with van der Waals surface area (Å²) in [6, 6.07) is 8.90. The Morgan fingerprint density at radius 1 is 0.750 bits per heavy atom. The number of rotatable bonds is 6. The maximum absolute atomic E-state index is 9.81. The number of hydrogen-bond donors (Lipinski definition) is 4. The molecule has 2 rings (SSSR count). The molecule has 0 radical (unpaired) electrons. The monoisotopic (exact) mass is 414 g/mol. The molecule has 28 heavy (non-hydrogen) atoms. The lowest BCUT2D eigenvalue weighted by Gasteiger charge is -2.12. The van der Waals surface area contributed by atoms with Crippen LogP contribution in [-0.2, 0) is 4.57 Å². The van der Waals surface area contributed by atoms with Gasteiger partial charge >= 0.3 is 7.82 Å². The molecule has 0 amide bonds. The van der Waals surface area contributed by atoms with E-state index >= 15 is 0 Å². The van der Waals surface area contributed by atoms with Crippen molar-refractivity contribution in [3.05, 3.63) is 41.5 Å². The molecule has 154 valence electrons. The van der Waals surface area contributed by atoms with E-state index in [-0.39, 0.29) is 5.75 Å². The van der Waals surface area contributed by atoms with Crippen molar-refractivity contribution >= 4 is 20.0 Å². The summed E-state index contributed by atoms with van der Waals surface area (Å²) in [5.41, 5.74) is 1.73. The average molecular weight is 414 g/mol. The molecule has 9 nitrogen and oxygen atoms in total. The first-order chi connectivity index (χ1) is 13.1. The molecule has 0 spiro atoms. The van der Waals surface area contributed by atoms with Crippen LogP contribution in [0.15, 0.2) is 30.3 Å². The maximum Gasteiger partial charge on any atom is 0.466 e. The Kier molecular flexibility index (Phi) is 8.81. The van der Waals surface area contributed by atoms with Crippen molar-refractivity contribution in [1.82, 2.24) is 0 Å². The third-order valence-electron chi connectivity index (χ3n) is 3.36. The molecule has 0 heterocycles. The van der Waals surface area contributed by atoms with Gasteiger partial charge < -0.3 is 38.7 Å². The lowest BCUT2D eigenvalue weighted by Crippen LogP contribution is -1.95. The molecule has 10 heteroatoms. The van der Waals surface area contributed by atoms with E-state index in [4.69, 9.17) is 38.2 Å². The minimum Gasteiger partial charge on any atom is -0.504 e. The van der Waals surface area contributed by atoms with Gasteiger partial charge in [-0.1, -0.05) is 18.2 Å². The summed E-state index contributed by atoms with van der Waals surface area (Å²) in [5, 5.41) is 9.81. The van der Waals surface area contributed by atoms with Crippen molar-refractivity contribution in [1.29, 1.82) is 0 Å². The first-order valence-corrected chi connectivity index (χ1v) is 9.32. The summed E-state index contributed by atoms with van der Waals surface area (Å²) in [6.45, 7) is 0. The van der Waals surface area contributed by atoms with Crippen LogP contribution in [0.4, 0.5) is 0 Å². The second kappa shape index (κ2) is 10.6. The SMILES string of the molecule is COc1ccc(/C=C\c2cc(OC)c(OC)c(OC)c2)cc1O.O=P(O)(O)O. The fraction of sp³-hybridized carbons (Fsp3) is 0.222. The molecule has 0 aliphatic carbocycles. The Morgan fingerprint density at radius 2 is 1.21 bits per heavy atom. The number of methoxy groups -OCH3 is 4. The molecule has 0 saturated carbocycles. The minimum absolute atomic E-state index is 0.0968. The second-order valence-electron chi connectivity index (χ2n) is 5.24. The Balaban J connectivity index is 0.000000696. The summed E-state index contributed by atoms with van der Waals surface area (Å²) in [6.07, 6.45) is 3.77. The zero-order chi connectivity index (χ0) is 21.3. The van der Waals surface area contributed by atoms with Crippen LogP contribution < -0.4 is 18.9 Å². The summed E-state index contributed by atoms with van der Waals surface area (Å²) >= 11 is 0. The molecule has 0 aliphatic heterocycles. The lowest BCUT2D eigenvalue weighted by atomic mass is 10.1. The Bertz CT molecular complexity index is 825. The Labute approximate surface area is 162 Å². The Morgan fingerprint density at radius 3 is 1.61 bits per heavy atom. The normalized spacial score (nSPS) is 10.8. The zero-order valence-corrected chi connectivity index (χ0v) is 16.7. The summed E-state index contributed by atoms with van der Waals surface area (Å²) in [7, 11) is 1.59. The summed E-state index contributed by atoms with van der Waals surface area (Å²) < 4.78 is 29.9. The van der Waals surface area contributed by atoms with Crippen molar-refractivity contribution < 1.29 is 43.3 Å². The van der Waals surface area contributed by atoms with Gasteiger partial charge in [-0.2, -0.15) is 0 Å². The first kappa shape index (κ1) is 23.3. The number of hydrogen-bond acceptors (Lipinski definition) is 6. The molecule has 0 atom stereocenters. The van der Waals surface area contributed by atoms with Crippen LogP contribution in [-0.4, -0.2) is 48.2 Å². The maximum atomic E-state index is 9.81. The predicted octanol–water partition coefficient (Wildman–Crippen LogP) is 2.67. The highest BCUT2D eigenvalue weighted by atomic mass is 31.2. The number of phenolic OH excluding ortho intramolecular Hbond substituents is 1. The van der Waals surface area contributed by atoms with Gasteiger partial charge in [0.05, 0.1) is 28.4 Å². The average Bonchev–Trinajstić information content (AvgIpc) is 2.64. The van der Waals surface area contributed by atoms with E-state index in [1.54, 1.807) is 33.5 Å². The standard InChI is InChI=1S/C18H20O5.H3O4P/c1-20-15-8-7-12(9-14(15)19)5-6-13-10-16(21-2)18(23-4)17(11-13)22-3;1-5(2,3)4/h5-11,19H,1-4H3;(H3,1,2,3,4)/b6-5-;. The van der Waals surface area contributed by atoms with E-state index < -0.39 is 7.82 Å². The summed E-state index contributed by atoms with van der Waals surface area (Å²) in [4.78, 5) is 21.6. The second-order valence-corrected chi connectivity index (χ2v) is 6.26. The van der Waals surface area contributed by atoms with Gasteiger partial charge in [-0.3, -0.25) is 0 Å². The van der Waals surface area contributed by atoms with Crippen molar-refractivity contribution in [3.8, 4) is 28.7 Å². The van der Waals surface area contributed by atoms with Crippen LogP contribution in [0.1, 0.15) is 11.1 Å². The molecule has 2 aromatic rings. The topological polar surface area (TPSA) is 135 Å². The lowest BCUT2D eigenvalue weighted by molar-refractivity contribution is 0.275. The van der Waals surface area contributed by atoms with E-state index in [1.165, 1.54) is 7.11 Å². The van der Waals surface area contributed by atoms with Crippen LogP contribution >= 0.6 is 7.82 Å². The third-order valence-corrected chi connectivity index (χ3v) is 3.36. The molecular formula is C18H23O9P. The highest BCUT2D eigenvalue weighted by Crippen LogP contribution is 2.38. The highest BCUT2D eigenvalue weighted by molar-refractivity contribution is 7.45. The van der Waals surface area contributed by atoms with Crippen molar-refractivity contribution in [2.24, 2.45) is 0 Å². The number of benzene rings is 2. The van der Waals surface area contributed by atoms with Crippen molar-refractivity contribution in [2.45, 2.75) is 0 Å². The van der Waals surface area contributed by atoms with Crippen LogP contribution in [0.5, 0.6) is 28.7 Å². The van der Waals surface area contributed by atoms with Crippen LogP contribution in [0, 0.1) is 0 Å². The van der Waals surface area contributed by atoms with E-state index in [0.29, 0.717) is 23.0 Å². The zero-order valence-electron chi connectivity index (χ0n) is 15.8. The smallest absolute Gasteiger partial charge is 0.466 e. The highest BCUT2D eigenvalue weighted by Gasteiger charge is 2.12. The first-order valence-electron chi connectivity index (χ1n) is 7.76.